The molecule has 0 saturated carbocycles. The summed E-state index contributed by atoms with van der Waals surface area (Å²) >= 11 is 6.23. The Morgan fingerprint density at radius 2 is 2.04 bits per heavy atom. The molecule has 1 aliphatic rings. The van der Waals surface area contributed by atoms with E-state index in [1.165, 1.54) is 0 Å². The highest BCUT2D eigenvalue weighted by molar-refractivity contribution is 6.32. The van der Waals surface area contributed by atoms with E-state index in [-0.39, 0.29) is 5.91 Å². The second kappa shape index (κ2) is 6.72. The van der Waals surface area contributed by atoms with Crippen LogP contribution >= 0.6 is 11.6 Å². The summed E-state index contributed by atoms with van der Waals surface area (Å²) in [6.07, 6.45) is 3.58. The summed E-state index contributed by atoms with van der Waals surface area (Å²) < 4.78 is 1.72. The van der Waals surface area contributed by atoms with Crippen molar-refractivity contribution in [2.24, 2.45) is 11.7 Å². The summed E-state index contributed by atoms with van der Waals surface area (Å²) in [6.45, 7) is 4.12. The summed E-state index contributed by atoms with van der Waals surface area (Å²) in [7, 11) is 0. The van der Waals surface area contributed by atoms with Crippen molar-refractivity contribution in [3.05, 3.63) is 46.7 Å². The van der Waals surface area contributed by atoms with Gasteiger partial charge in [0.2, 0.25) is 0 Å². The molecule has 0 unspecified atom stereocenters. The molecule has 0 bridgehead atoms. The van der Waals surface area contributed by atoms with Gasteiger partial charge >= 0.3 is 0 Å². The van der Waals surface area contributed by atoms with E-state index in [2.05, 4.69) is 5.10 Å². The summed E-state index contributed by atoms with van der Waals surface area (Å²) in [5.74, 6) is 0.572. The van der Waals surface area contributed by atoms with E-state index in [1.807, 2.05) is 36.1 Å². The van der Waals surface area contributed by atoms with Gasteiger partial charge in [0.1, 0.15) is 0 Å². The number of carbonyl (C=O) groups excluding carboxylic acids is 1. The van der Waals surface area contributed by atoms with Crippen molar-refractivity contribution in [2.45, 2.75) is 19.8 Å². The molecule has 122 valence electrons. The van der Waals surface area contributed by atoms with Crippen LogP contribution < -0.4 is 5.73 Å². The number of aromatic nitrogens is 2. The Morgan fingerprint density at radius 3 is 2.70 bits per heavy atom. The molecule has 0 radical (unpaired) electrons. The molecule has 6 heteroatoms. The smallest absolute Gasteiger partial charge is 0.257 e. The Bertz CT molecular complexity index is 704. The van der Waals surface area contributed by atoms with Crippen molar-refractivity contribution >= 4 is 17.5 Å². The lowest BCUT2D eigenvalue weighted by atomic mass is 9.96. The molecular weight excluding hydrogens is 312 g/mol. The minimum absolute atomic E-state index is 0.0382. The van der Waals surface area contributed by atoms with Crippen molar-refractivity contribution in [3.63, 3.8) is 0 Å². The van der Waals surface area contributed by atoms with Gasteiger partial charge in [-0.1, -0.05) is 23.7 Å². The minimum Gasteiger partial charge on any atom is -0.339 e. The molecule has 2 heterocycles. The van der Waals surface area contributed by atoms with E-state index in [0.717, 1.165) is 37.3 Å². The number of amides is 1. The molecule has 1 aliphatic heterocycles. The summed E-state index contributed by atoms with van der Waals surface area (Å²) in [4.78, 5) is 14.6. The SMILES string of the molecule is Cc1c(C(=O)N2CCC(CN)CC2)cnn1-c1ccccc1Cl. The van der Waals surface area contributed by atoms with Crippen LogP contribution in [0.3, 0.4) is 0 Å². The van der Waals surface area contributed by atoms with E-state index in [4.69, 9.17) is 17.3 Å². The lowest BCUT2D eigenvalue weighted by molar-refractivity contribution is 0.0692. The first-order valence-corrected chi connectivity index (χ1v) is 8.28. The van der Waals surface area contributed by atoms with Crippen molar-refractivity contribution in [1.82, 2.24) is 14.7 Å². The van der Waals surface area contributed by atoms with Crippen molar-refractivity contribution in [3.8, 4) is 5.69 Å². The van der Waals surface area contributed by atoms with Crippen LogP contribution in [0.5, 0.6) is 0 Å². The average molecular weight is 333 g/mol. The van der Waals surface area contributed by atoms with Crippen LogP contribution in [0.2, 0.25) is 5.02 Å². The quantitative estimate of drug-likeness (QED) is 0.939. The fourth-order valence-corrected chi connectivity index (χ4v) is 3.24. The van der Waals surface area contributed by atoms with Gasteiger partial charge in [-0.25, -0.2) is 4.68 Å². The first-order chi connectivity index (χ1) is 11.1. The number of benzene rings is 1. The van der Waals surface area contributed by atoms with Gasteiger partial charge in [-0.3, -0.25) is 4.79 Å². The molecular formula is C17H21ClN4O. The molecule has 1 amide bonds. The molecule has 1 aromatic carbocycles. The average Bonchev–Trinajstić information content (AvgIpc) is 2.96. The van der Waals surface area contributed by atoms with Crippen LogP contribution in [-0.2, 0) is 0 Å². The summed E-state index contributed by atoms with van der Waals surface area (Å²) in [5.41, 5.74) is 7.94. The Hall–Kier alpha value is -1.85. The Labute approximate surface area is 141 Å². The fraction of sp³-hybridized carbons (Fsp3) is 0.412. The zero-order valence-corrected chi connectivity index (χ0v) is 14.0. The van der Waals surface area contributed by atoms with Crippen LogP contribution in [-0.4, -0.2) is 40.2 Å². The predicted molar refractivity (Wildman–Crippen MR) is 91.0 cm³/mol. The maximum absolute atomic E-state index is 12.8. The number of piperidine rings is 1. The topological polar surface area (TPSA) is 64.2 Å². The number of para-hydroxylation sites is 1. The van der Waals surface area contributed by atoms with E-state index in [9.17, 15) is 4.79 Å². The van der Waals surface area contributed by atoms with Crippen molar-refractivity contribution in [1.29, 1.82) is 0 Å². The molecule has 5 nitrogen and oxygen atoms in total. The lowest BCUT2D eigenvalue weighted by Crippen LogP contribution is -2.40. The van der Waals surface area contributed by atoms with Crippen molar-refractivity contribution in [2.75, 3.05) is 19.6 Å². The molecule has 2 aromatic rings. The van der Waals surface area contributed by atoms with Gasteiger partial charge in [-0.2, -0.15) is 5.10 Å². The first kappa shape index (κ1) is 16.0. The number of halogens is 1. The highest BCUT2D eigenvalue weighted by Gasteiger charge is 2.25. The van der Waals surface area contributed by atoms with Crippen LogP contribution in [0.4, 0.5) is 0 Å². The van der Waals surface area contributed by atoms with Gasteiger partial charge in [0.15, 0.2) is 0 Å². The molecule has 1 aromatic heterocycles. The summed E-state index contributed by atoms with van der Waals surface area (Å²) in [5, 5.41) is 4.97. The lowest BCUT2D eigenvalue weighted by Gasteiger charge is -2.31. The van der Waals surface area contributed by atoms with Gasteiger partial charge in [0.05, 0.1) is 28.2 Å². The number of nitrogens with two attached hydrogens (primary N) is 1. The van der Waals surface area contributed by atoms with Gasteiger partial charge in [-0.15, -0.1) is 0 Å². The maximum atomic E-state index is 12.8. The number of carbonyl (C=O) groups is 1. The third-order valence-corrected chi connectivity index (χ3v) is 4.88. The maximum Gasteiger partial charge on any atom is 0.257 e. The zero-order chi connectivity index (χ0) is 16.4. The van der Waals surface area contributed by atoms with Gasteiger partial charge < -0.3 is 10.6 Å². The highest BCUT2D eigenvalue weighted by atomic mass is 35.5. The van der Waals surface area contributed by atoms with Gasteiger partial charge in [0.25, 0.3) is 5.91 Å². The standard InChI is InChI=1S/C17H21ClN4O/c1-12-14(17(23)21-8-6-13(10-19)7-9-21)11-20-22(12)16-5-3-2-4-15(16)18/h2-5,11,13H,6-10,19H2,1H3. The van der Waals surface area contributed by atoms with E-state index >= 15 is 0 Å². The molecule has 0 atom stereocenters. The monoisotopic (exact) mass is 332 g/mol. The summed E-state index contributed by atoms with van der Waals surface area (Å²) in [6, 6.07) is 7.49. The van der Waals surface area contributed by atoms with Gasteiger partial charge in [-0.05, 0) is 44.4 Å². The molecule has 1 fully saturated rings. The highest BCUT2D eigenvalue weighted by Crippen LogP contribution is 2.24. The molecule has 0 spiro atoms. The predicted octanol–water partition coefficient (Wildman–Crippen LogP) is 2.65. The molecule has 1 saturated heterocycles. The second-order valence-corrected chi connectivity index (χ2v) is 6.39. The van der Waals surface area contributed by atoms with Crippen molar-refractivity contribution < 1.29 is 4.79 Å². The number of likely N-dealkylation sites (tertiary alicyclic amines) is 1. The van der Waals surface area contributed by atoms with E-state index in [1.54, 1.807) is 10.9 Å². The number of nitrogens with zero attached hydrogens (tertiary/aromatic N) is 3. The first-order valence-electron chi connectivity index (χ1n) is 7.90. The number of hydrogen-bond donors (Lipinski definition) is 1. The fourth-order valence-electron chi connectivity index (χ4n) is 3.03. The van der Waals surface area contributed by atoms with Gasteiger partial charge in [0, 0.05) is 13.1 Å². The third kappa shape index (κ3) is 3.12. The number of rotatable bonds is 3. The molecule has 3 rings (SSSR count). The molecule has 2 N–H and O–H groups in total. The van der Waals surface area contributed by atoms with E-state index < -0.39 is 0 Å². The van der Waals surface area contributed by atoms with Crippen LogP contribution in [0, 0.1) is 12.8 Å². The third-order valence-electron chi connectivity index (χ3n) is 4.56. The molecule has 23 heavy (non-hydrogen) atoms. The minimum atomic E-state index is 0.0382. The normalized spacial score (nSPS) is 15.9. The molecule has 0 aliphatic carbocycles. The van der Waals surface area contributed by atoms with Crippen LogP contribution in [0.25, 0.3) is 5.69 Å². The zero-order valence-electron chi connectivity index (χ0n) is 13.2. The van der Waals surface area contributed by atoms with Crippen LogP contribution in [0.15, 0.2) is 30.5 Å². The van der Waals surface area contributed by atoms with E-state index in [0.29, 0.717) is 23.0 Å². The number of hydrogen-bond acceptors (Lipinski definition) is 3. The second-order valence-electron chi connectivity index (χ2n) is 5.98. The largest absolute Gasteiger partial charge is 0.339 e. The Morgan fingerprint density at radius 1 is 1.35 bits per heavy atom. The Balaban J connectivity index is 1.82. The van der Waals surface area contributed by atoms with Crippen LogP contribution in [0.1, 0.15) is 28.9 Å². The Kier molecular flexibility index (Phi) is 4.68.